The number of aromatic amines is 1. The molecule has 4 heterocycles. The normalized spacial score (nSPS) is 11.1. The number of rotatable bonds is 7. The zero-order valence-electron chi connectivity index (χ0n) is 19.3. The number of carbonyl (C=O) groups excluding carboxylic acids is 1. The molecule has 5 rings (SSSR count). The van der Waals surface area contributed by atoms with E-state index in [-0.39, 0.29) is 35.3 Å². The fourth-order valence-corrected chi connectivity index (χ4v) is 4.08. The molecule has 0 atom stereocenters. The number of hydrogen-bond acceptors (Lipinski definition) is 5. The fraction of sp³-hybridized carbons (Fsp3) is 0.115. The van der Waals surface area contributed by atoms with Crippen LogP contribution in [0.25, 0.3) is 10.9 Å². The van der Waals surface area contributed by atoms with Gasteiger partial charge in [-0.15, -0.1) is 0 Å². The first-order valence-electron chi connectivity index (χ1n) is 11.3. The standard InChI is InChI=1S/C26H20ClFN6O3/c27-21-11-31-23-8-22(28)18(7-20(21)23)10-32-26(37)17-2-4-24(35)34(14-17)13-16-1-3-19(30-9-16)15-33-6-5-29-12-25(33)36/h1-9,11-12,14,31H,10,13,15H2,(H,32,37). The number of nitrogens with zero attached hydrogens (tertiary/aromatic N) is 4. The molecule has 37 heavy (non-hydrogen) atoms. The van der Waals surface area contributed by atoms with Crippen molar-refractivity contribution >= 4 is 28.4 Å². The molecule has 1 amide bonds. The van der Waals surface area contributed by atoms with Crippen molar-refractivity contribution in [2.24, 2.45) is 0 Å². The van der Waals surface area contributed by atoms with Crippen molar-refractivity contribution < 1.29 is 9.18 Å². The molecule has 0 unspecified atom stereocenters. The fourth-order valence-electron chi connectivity index (χ4n) is 3.87. The summed E-state index contributed by atoms with van der Waals surface area (Å²) in [6.45, 7) is 0.438. The first-order chi connectivity index (χ1) is 17.9. The maximum Gasteiger partial charge on any atom is 0.269 e. The third-order valence-electron chi connectivity index (χ3n) is 5.86. The molecule has 1 aromatic carbocycles. The van der Waals surface area contributed by atoms with Gasteiger partial charge in [0.15, 0.2) is 0 Å². The van der Waals surface area contributed by atoms with Crippen LogP contribution in [0.15, 0.2) is 83.2 Å². The molecule has 0 fully saturated rings. The molecule has 0 aliphatic rings. The number of nitrogens with one attached hydrogen (secondary N) is 2. The Bertz CT molecular complexity index is 1730. The van der Waals surface area contributed by atoms with Gasteiger partial charge in [-0.05, 0) is 29.8 Å². The van der Waals surface area contributed by atoms with Gasteiger partial charge < -0.3 is 19.4 Å². The van der Waals surface area contributed by atoms with E-state index >= 15 is 0 Å². The van der Waals surface area contributed by atoms with E-state index in [1.165, 1.54) is 45.9 Å². The summed E-state index contributed by atoms with van der Waals surface area (Å²) in [5.74, 6) is -0.925. The Labute approximate surface area is 214 Å². The Kier molecular flexibility index (Phi) is 6.65. The van der Waals surface area contributed by atoms with Crippen LogP contribution in [0.2, 0.25) is 5.02 Å². The largest absolute Gasteiger partial charge is 0.360 e. The lowest BCUT2D eigenvalue weighted by atomic mass is 10.1. The third-order valence-corrected chi connectivity index (χ3v) is 6.17. The Morgan fingerprint density at radius 2 is 1.92 bits per heavy atom. The van der Waals surface area contributed by atoms with E-state index in [0.29, 0.717) is 28.2 Å². The molecule has 9 nitrogen and oxygen atoms in total. The first kappa shape index (κ1) is 24.1. The summed E-state index contributed by atoms with van der Waals surface area (Å²) in [5.41, 5.74) is 2.00. The maximum absolute atomic E-state index is 14.4. The Hall–Kier alpha value is -4.57. The monoisotopic (exact) mass is 518 g/mol. The molecule has 0 radical (unpaired) electrons. The zero-order valence-corrected chi connectivity index (χ0v) is 20.1. The molecule has 5 aromatic rings. The van der Waals surface area contributed by atoms with Crippen LogP contribution >= 0.6 is 11.6 Å². The lowest BCUT2D eigenvalue weighted by Crippen LogP contribution is -2.27. The van der Waals surface area contributed by atoms with E-state index in [1.54, 1.807) is 36.8 Å². The lowest BCUT2D eigenvalue weighted by Gasteiger charge is -2.10. The zero-order chi connectivity index (χ0) is 25.9. The number of carbonyl (C=O) groups is 1. The van der Waals surface area contributed by atoms with E-state index in [9.17, 15) is 18.8 Å². The van der Waals surface area contributed by atoms with E-state index in [0.717, 1.165) is 5.56 Å². The Balaban J connectivity index is 1.27. The van der Waals surface area contributed by atoms with Crippen LogP contribution in [0.5, 0.6) is 0 Å². The van der Waals surface area contributed by atoms with Crippen LogP contribution in [-0.2, 0) is 19.6 Å². The minimum atomic E-state index is -0.471. The number of halogens is 2. The number of aromatic nitrogens is 5. The van der Waals surface area contributed by atoms with Crippen molar-refractivity contribution in [1.29, 1.82) is 0 Å². The molecular formula is C26H20ClFN6O3. The molecule has 0 spiro atoms. The third kappa shape index (κ3) is 5.34. The van der Waals surface area contributed by atoms with Crippen molar-refractivity contribution in [3.63, 3.8) is 0 Å². The highest BCUT2D eigenvalue weighted by Crippen LogP contribution is 2.25. The van der Waals surface area contributed by atoms with Gasteiger partial charge in [0.25, 0.3) is 17.0 Å². The number of H-pyrrole nitrogens is 1. The summed E-state index contributed by atoms with van der Waals surface area (Å²) in [4.78, 5) is 48.0. The van der Waals surface area contributed by atoms with Crippen LogP contribution in [0, 0.1) is 5.82 Å². The van der Waals surface area contributed by atoms with Crippen molar-refractivity contribution in [1.82, 2.24) is 29.4 Å². The van der Waals surface area contributed by atoms with Gasteiger partial charge in [-0.3, -0.25) is 24.4 Å². The predicted octanol–water partition coefficient (Wildman–Crippen LogP) is 3.10. The van der Waals surface area contributed by atoms with Crippen LogP contribution in [0.4, 0.5) is 4.39 Å². The SMILES string of the molecule is O=C(NCc1cc2c(Cl)c[nH]c2cc1F)c1ccc(=O)n(Cc2ccc(Cn3ccncc3=O)nc2)c1. The average Bonchev–Trinajstić information content (AvgIpc) is 3.25. The maximum atomic E-state index is 14.4. The molecule has 4 aromatic heterocycles. The quantitative estimate of drug-likeness (QED) is 0.343. The second-order valence-electron chi connectivity index (χ2n) is 8.39. The van der Waals surface area contributed by atoms with Gasteiger partial charge in [0.2, 0.25) is 0 Å². The topological polar surface area (TPSA) is 115 Å². The highest BCUT2D eigenvalue weighted by Gasteiger charge is 2.12. The molecule has 11 heteroatoms. The molecule has 0 saturated carbocycles. The minimum absolute atomic E-state index is 0.0484. The smallest absolute Gasteiger partial charge is 0.269 e. The van der Waals surface area contributed by atoms with Crippen molar-refractivity contribution in [3.05, 3.63) is 128 Å². The van der Waals surface area contributed by atoms with Crippen LogP contribution in [-0.4, -0.2) is 30.0 Å². The highest BCUT2D eigenvalue weighted by molar-refractivity contribution is 6.35. The van der Waals surface area contributed by atoms with E-state index in [1.807, 2.05) is 0 Å². The lowest BCUT2D eigenvalue weighted by molar-refractivity contribution is 0.0949. The van der Waals surface area contributed by atoms with E-state index < -0.39 is 11.7 Å². The van der Waals surface area contributed by atoms with Gasteiger partial charge in [-0.1, -0.05) is 17.7 Å². The van der Waals surface area contributed by atoms with E-state index in [2.05, 4.69) is 20.3 Å². The van der Waals surface area contributed by atoms with Crippen molar-refractivity contribution in [3.8, 4) is 0 Å². The van der Waals surface area contributed by atoms with Gasteiger partial charge in [0, 0.05) is 60.1 Å². The second kappa shape index (κ2) is 10.2. The molecule has 0 aliphatic heterocycles. The second-order valence-corrected chi connectivity index (χ2v) is 8.80. The number of pyridine rings is 2. The Morgan fingerprint density at radius 1 is 1.05 bits per heavy atom. The summed E-state index contributed by atoms with van der Waals surface area (Å²) in [7, 11) is 0. The van der Waals surface area contributed by atoms with E-state index in [4.69, 9.17) is 11.6 Å². The number of hydrogen-bond donors (Lipinski definition) is 2. The minimum Gasteiger partial charge on any atom is -0.360 e. The summed E-state index contributed by atoms with van der Waals surface area (Å²) < 4.78 is 17.3. The number of fused-ring (bicyclic) bond motifs is 1. The number of amides is 1. The van der Waals surface area contributed by atoms with Gasteiger partial charge in [0.05, 0.1) is 35.6 Å². The Morgan fingerprint density at radius 3 is 2.70 bits per heavy atom. The van der Waals surface area contributed by atoms with Crippen LogP contribution in [0.3, 0.4) is 0 Å². The molecule has 2 N–H and O–H groups in total. The number of benzene rings is 1. The molecule has 0 bridgehead atoms. The highest BCUT2D eigenvalue weighted by atomic mass is 35.5. The van der Waals surface area contributed by atoms with Crippen LogP contribution < -0.4 is 16.4 Å². The molecule has 0 aliphatic carbocycles. The van der Waals surface area contributed by atoms with Crippen molar-refractivity contribution in [2.45, 2.75) is 19.6 Å². The van der Waals surface area contributed by atoms with Gasteiger partial charge in [-0.2, -0.15) is 0 Å². The summed E-state index contributed by atoms with van der Waals surface area (Å²) in [6, 6.07) is 9.22. The van der Waals surface area contributed by atoms with Gasteiger partial charge in [0.1, 0.15) is 5.82 Å². The van der Waals surface area contributed by atoms with Crippen LogP contribution in [0.1, 0.15) is 27.2 Å². The van der Waals surface area contributed by atoms with Gasteiger partial charge in [-0.25, -0.2) is 4.39 Å². The predicted molar refractivity (Wildman–Crippen MR) is 136 cm³/mol. The summed E-state index contributed by atoms with van der Waals surface area (Å²) in [5, 5.41) is 3.81. The van der Waals surface area contributed by atoms with Gasteiger partial charge >= 0.3 is 0 Å². The first-order valence-corrected chi connectivity index (χ1v) is 11.6. The molecular weight excluding hydrogens is 499 g/mol. The average molecular weight is 519 g/mol. The molecule has 0 saturated heterocycles. The summed E-state index contributed by atoms with van der Waals surface area (Å²) >= 11 is 6.11. The summed E-state index contributed by atoms with van der Waals surface area (Å²) in [6.07, 6.45) is 8.98. The van der Waals surface area contributed by atoms with Crippen molar-refractivity contribution in [2.75, 3.05) is 0 Å². The molecule has 186 valence electrons.